The minimum atomic E-state index is -0.262. The van der Waals surface area contributed by atoms with E-state index in [1.165, 1.54) is 27.8 Å². The van der Waals surface area contributed by atoms with Gasteiger partial charge >= 0.3 is 0 Å². The summed E-state index contributed by atoms with van der Waals surface area (Å²) in [7, 11) is 0. The maximum Gasteiger partial charge on any atom is 0.196 e. The number of rotatable bonds is 6. The van der Waals surface area contributed by atoms with Crippen LogP contribution in [-0.2, 0) is 10.8 Å². The van der Waals surface area contributed by atoms with Crippen LogP contribution in [0.1, 0.15) is 48.2 Å². The first-order valence-corrected chi connectivity index (χ1v) is 17.7. The summed E-state index contributed by atoms with van der Waals surface area (Å²) in [6.07, 6.45) is 20.3. The van der Waals surface area contributed by atoms with E-state index in [9.17, 15) is 0 Å². The van der Waals surface area contributed by atoms with Crippen LogP contribution in [0.5, 0.6) is 0 Å². The standard InChI is InChI=1S/C44H35N3S/c1-2-9-19-33(18-8-1)43(34-20-10-4-11-21-34)29-35-27-26-32(28-36-30-44(35,36)39-25-15-14-24-38(39)43)41-45-40(31-16-6-3-7-17-31)46-42(47-41)48-37-22-12-5-13-23-37/h1-8,10-25,27-28,36H,9,26,29-30H2. The molecule has 3 unspecified atom stereocenters. The average Bonchev–Trinajstić information content (AvgIpc) is 3.93. The van der Waals surface area contributed by atoms with Crippen LogP contribution in [0.3, 0.4) is 0 Å². The van der Waals surface area contributed by atoms with Gasteiger partial charge in [-0.1, -0.05) is 151 Å². The van der Waals surface area contributed by atoms with Crippen LogP contribution in [0.25, 0.3) is 17.0 Å². The van der Waals surface area contributed by atoms with Crippen LogP contribution in [0.2, 0.25) is 0 Å². The van der Waals surface area contributed by atoms with Crippen molar-refractivity contribution in [1.29, 1.82) is 0 Å². The highest BCUT2D eigenvalue weighted by Crippen LogP contribution is 2.69. The molecule has 1 aromatic heterocycles. The van der Waals surface area contributed by atoms with E-state index in [-0.39, 0.29) is 10.8 Å². The second-order valence-corrected chi connectivity index (χ2v) is 14.2. The lowest BCUT2D eigenvalue weighted by Gasteiger charge is -2.46. The monoisotopic (exact) mass is 637 g/mol. The average molecular weight is 638 g/mol. The van der Waals surface area contributed by atoms with Crippen molar-refractivity contribution in [3.63, 3.8) is 0 Å². The van der Waals surface area contributed by atoms with E-state index in [0.717, 1.165) is 47.1 Å². The molecule has 48 heavy (non-hydrogen) atoms. The van der Waals surface area contributed by atoms with E-state index in [1.54, 1.807) is 17.3 Å². The number of benzene rings is 4. The summed E-state index contributed by atoms with van der Waals surface area (Å²) >= 11 is 1.59. The summed E-state index contributed by atoms with van der Waals surface area (Å²) in [4.78, 5) is 16.3. The van der Waals surface area contributed by atoms with Crippen molar-refractivity contribution in [3.05, 3.63) is 191 Å². The molecule has 4 aromatic carbocycles. The zero-order valence-corrected chi connectivity index (χ0v) is 27.5. The Bertz CT molecular complexity index is 2160. The molecule has 3 nitrogen and oxygen atoms in total. The minimum Gasteiger partial charge on any atom is -0.208 e. The number of fused-ring (bicyclic) bond motifs is 1. The van der Waals surface area contributed by atoms with Gasteiger partial charge in [0.2, 0.25) is 0 Å². The summed E-state index contributed by atoms with van der Waals surface area (Å²) in [5, 5.41) is 0.722. The van der Waals surface area contributed by atoms with Crippen molar-refractivity contribution in [2.24, 2.45) is 5.92 Å². The molecule has 1 heterocycles. The van der Waals surface area contributed by atoms with E-state index < -0.39 is 0 Å². The second-order valence-electron chi connectivity index (χ2n) is 13.1. The van der Waals surface area contributed by atoms with Gasteiger partial charge in [0.15, 0.2) is 16.8 Å². The molecule has 9 rings (SSSR count). The Kier molecular flexibility index (Phi) is 7.20. The van der Waals surface area contributed by atoms with Crippen molar-refractivity contribution in [3.8, 4) is 11.4 Å². The predicted molar refractivity (Wildman–Crippen MR) is 196 cm³/mol. The summed E-state index contributed by atoms with van der Waals surface area (Å²) in [6, 6.07) is 41.1. The summed E-state index contributed by atoms with van der Waals surface area (Å²) in [5.74, 6) is 1.90. The first-order valence-electron chi connectivity index (χ1n) is 16.9. The molecule has 3 atom stereocenters. The van der Waals surface area contributed by atoms with Crippen LogP contribution in [0, 0.1) is 5.92 Å². The predicted octanol–water partition coefficient (Wildman–Crippen LogP) is 10.5. The third kappa shape index (κ3) is 4.86. The van der Waals surface area contributed by atoms with Crippen molar-refractivity contribution < 1.29 is 0 Å². The highest BCUT2D eigenvalue weighted by atomic mass is 32.2. The normalized spacial score (nSPS) is 23.8. The summed E-state index contributed by atoms with van der Waals surface area (Å²) in [6.45, 7) is 0. The van der Waals surface area contributed by atoms with Gasteiger partial charge in [-0.15, -0.1) is 0 Å². The maximum absolute atomic E-state index is 5.12. The number of allylic oxidation sites excluding steroid dienone is 10. The van der Waals surface area contributed by atoms with Crippen molar-refractivity contribution in [1.82, 2.24) is 15.0 Å². The minimum absolute atomic E-state index is 0.0147. The van der Waals surface area contributed by atoms with Crippen molar-refractivity contribution >= 4 is 17.3 Å². The number of aromatic nitrogens is 3. The van der Waals surface area contributed by atoms with E-state index in [1.807, 2.05) is 24.3 Å². The molecular weight excluding hydrogens is 603 g/mol. The topological polar surface area (TPSA) is 38.7 Å². The number of hydrogen-bond donors (Lipinski definition) is 0. The SMILES string of the molecule is C1=CCC=C(C2(c3ccccc3)CC3=CCC(c4nc(Sc5ccccc5)nc(-c5ccccc5)n4)=CC4CC34c3ccccc32)C=C1. The third-order valence-corrected chi connectivity index (χ3v) is 11.4. The first kappa shape index (κ1) is 29.1. The fourth-order valence-corrected chi connectivity index (χ4v) is 9.01. The molecular formula is C44H35N3S. The third-order valence-electron chi connectivity index (χ3n) is 10.5. The molecule has 1 fully saturated rings. The van der Waals surface area contributed by atoms with E-state index in [4.69, 9.17) is 15.0 Å². The lowest BCUT2D eigenvalue weighted by molar-refractivity contribution is 0.515. The lowest BCUT2D eigenvalue weighted by atomic mass is 9.56. The Morgan fingerprint density at radius 1 is 0.667 bits per heavy atom. The molecule has 232 valence electrons. The molecule has 0 saturated heterocycles. The Morgan fingerprint density at radius 3 is 2.19 bits per heavy atom. The van der Waals surface area contributed by atoms with Gasteiger partial charge in [-0.25, -0.2) is 15.0 Å². The molecule has 1 saturated carbocycles. The molecule has 1 spiro atoms. The Hall–Kier alpha value is -5.06. The van der Waals surface area contributed by atoms with Crippen LogP contribution in [0.4, 0.5) is 0 Å². The zero-order chi connectivity index (χ0) is 32.0. The van der Waals surface area contributed by atoms with Gasteiger partial charge in [0.25, 0.3) is 0 Å². The van der Waals surface area contributed by atoms with Crippen LogP contribution < -0.4 is 0 Å². The maximum atomic E-state index is 5.12. The van der Waals surface area contributed by atoms with Gasteiger partial charge in [-0.05, 0) is 83.3 Å². The first-order chi connectivity index (χ1) is 23.7. The van der Waals surface area contributed by atoms with Gasteiger partial charge in [-0.3, -0.25) is 0 Å². The zero-order valence-electron chi connectivity index (χ0n) is 26.7. The molecule has 4 aliphatic rings. The number of hydrogen-bond acceptors (Lipinski definition) is 4. The Labute approximate surface area is 286 Å². The Morgan fingerprint density at radius 2 is 1.38 bits per heavy atom. The van der Waals surface area contributed by atoms with Crippen LogP contribution >= 0.6 is 11.8 Å². The molecule has 4 heteroatoms. The smallest absolute Gasteiger partial charge is 0.196 e. The van der Waals surface area contributed by atoms with Crippen LogP contribution in [-0.4, -0.2) is 15.0 Å². The van der Waals surface area contributed by atoms with Gasteiger partial charge in [-0.2, -0.15) is 0 Å². The summed E-state index contributed by atoms with van der Waals surface area (Å²) < 4.78 is 0. The number of nitrogens with zero attached hydrogens (tertiary/aromatic N) is 3. The van der Waals surface area contributed by atoms with Crippen molar-refractivity contribution in [2.45, 2.75) is 46.6 Å². The largest absolute Gasteiger partial charge is 0.208 e. The molecule has 5 aromatic rings. The van der Waals surface area contributed by atoms with Gasteiger partial charge in [0.1, 0.15) is 0 Å². The highest BCUT2D eigenvalue weighted by Gasteiger charge is 2.63. The van der Waals surface area contributed by atoms with E-state index in [2.05, 4.69) is 134 Å². The fourth-order valence-electron chi connectivity index (χ4n) is 8.24. The molecule has 0 amide bonds. The molecule has 0 N–H and O–H groups in total. The van der Waals surface area contributed by atoms with E-state index >= 15 is 0 Å². The molecule has 0 bridgehead atoms. The molecule has 0 aliphatic heterocycles. The second kappa shape index (κ2) is 11.9. The molecule has 4 aliphatic carbocycles. The van der Waals surface area contributed by atoms with E-state index in [0.29, 0.717) is 11.7 Å². The lowest BCUT2D eigenvalue weighted by Crippen LogP contribution is -2.39. The van der Waals surface area contributed by atoms with Gasteiger partial charge in [0.05, 0.1) is 0 Å². The van der Waals surface area contributed by atoms with Crippen LogP contribution in [0.15, 0.2) is 179 Å². The quantitative estimate of drug-likeness (QED) is 0.174. The Balaban J connectivity index is 1.18. The van der Waals surface area contributed by atoms with Gasteiger partial charge < -0.3 is 0 Å². The fraction of sp³-hybridized carbons (Fsp3) is 0.159. The highest BCUT2D eigenvalue weighted by molar-refractivity contribution is 7.99. The van der Waals surface area contributed by atoms with Gasteiger partial charge in [0, 0.05) is 21.3 Å². The van der Waals surface area contributed by atoms with Crippen molar-refractivity contribution in [2.75, 3.05) is 0 Å². The molecule has 0 radical (unpaired) electrons. The summed E-state index contributed by atoms with van der Waals surface area (Å²) in [5.41, 5.74) is 9.14.